The molecule has 0 saturated carbocycles. The van der Waals surface area contributed by atoms with E-state index in [4.69, 9.17) is 27.9 Å². The standard InChI is InChI=1S/C23H16Cl2N2O3/c1-2-30-23(29)19-18-8-4-6-12-27(18)21(17-7-3-5-11-26-17)20(19)22(28)14-9-10-15(24)16(25)13-14/h3-13H,2H2,1H3. The van der Waals surface area contributed by atoms with Crippen molar-refractivity contribution in [1.29, 1.82) is 0 Å². The largest absolute Gasteiger partial charge is 0.462 e. The summed E-state index contributed by atoms with van der Waals surface area (Å²) in [6, 6.07) is 15.4. The van der Waals surface area contributed by atoms with Gasteiger partial charge >= 0.3 is 5.97 Å². The number of halogens is 2. The van der Waals surface area contributed by atoms with Crippen LogP contribution < -0.4 is 0 Å². The van der Waals surface area contributed by atoms with Gasteiger partial charge in [0.1, 0.15) is 0 Å². The smallest absolute Gasteiger partial charge is 0.341 e. The number of aromatic nitrogens is 2. The van der Waals surface area contributed by atoms with E-state index in [-0.39, 0.29) is 28.5 Å². The van der Waals surface area contributed by atoms with Gasteiger partial charge in [-0.05, 0) is 49.4 Å². The van der Waals surface area contributed by atoms with Crippen molar-refractivity contribution >= 4 is 40.5 Å². The number of carbonyl (C=O) groups excluding carboxylic acids is 2. The molecule has 0 fully saturated rings. The van der Waals surface area contributed by atoms with Crippen molar-refractivity contribution in [2.24, 2.45) is 0 Å². The Balaban J connectivity index is 2.07. The molecule has 0 saturated heterocycles. The van der Waals surface area contributed by atoms with Gasteiger partial charge in [-0.3, -0.25) is 9.78 Å². The van der Waals surface area contributed by atoms with E-state index in [0.29, 0.717) is 27.5 Å². The normalized spacial score (nSPS) is 10.9. The van der Waals surface area contributed by atoms with E-state index in [1.807, 2.05) is 12.1 Å². The molecule has 30 heavy (non-hydrogen) atoms. The van der Waals surface area contributed by atoms with Crippen LogP contribution in [0.25, 0.3) is 16.9 Å². The molecule has 4 aromatic rings. The van der Waals surface area contributed by atoms with E-state index in [2.05, 4.69) is 4.98 Å². The number of hydrogen-bond acceptors (Lipinski definition) is 4. The zero-order chi connectivity index (χ0) is 21.3. The quantitative estimate of drug-likeness (QED) is 0.295. The summed E-state index contributed by atoms with van der Waals surface area (Å²) < 4.78 is 7.06. The van der Waals surface area contributed by atoms with E-state index < -0.39 is 5.97 Å². The molecule has 0 aliphatic carbocycles. The molecular formula is C23H16Cl2N2O3. The highest BCUT2D eigenvalue weighted by molar-refractivity contribution is 6.42. The summed E-state index contributed by atoms with van der Waals surface area (Å²) in [5.74, 6) is -0.951. The van der Waals surface area contributed by atoms with Crippen LogP contribution in [0.2, 0.25) is 10.0 Å². The van der Waals surface area contributed by atoms with Crippen LogP contribution in [-0.4, -0.2) is 27.7 Å². The lowest BCUT2D eigenvalue weighted by Crippen LogP contribution is -2.12. The minimum Gasteiger partial charge on any atom is -0.462 e. The second-order valence-corrected chi connectivity index (χ2v) is 7.26. The molecule has 150 valence electrons. The fraction of sp³-hybridized carbons (Fsp3) is 0.0870. The number of benzene rings is 1. The summed E-state index contributed by atoms with van der Waals surface area (Å²) in [6.07, 6.45) is 3.42. The van der Waals surface area contributed by atoms with Gasteiger partial charge in [-0.2, -0.15) is 0 Å². The minimum absolute atomic E-state index is 0.183. The number of hydrogen-bond donors (Lipinski definition) is 0. The van der Waals surface area contributed by atoms with Gasteiger partial charge in [-0.25, -0.2) is 4.79 Å². The topological polar surface area (TPSA) is 60.7 Å². The lowest BCUT2D eigenvalue weighted by atomic mass is 9.97. The molecule has 0 unspecified atom stereocenters. The Labute approximate surface area is 182 Å². The summed E-state index contributed by atoms with van der Waals surface area (Å²) >= 11 is 12.2. The fourth-order valence-electron chi connectivity index (χ4n) is 3.38. The number of fused-ring (bicyclic) bond motifs is 1. The van der Waals surface area contributed by atoms with Crippen LogP contribution >= 0.6 is 23.2 Å². The van der Waals surface area contributed by atoms with Crippen molar-refractivity contribution in [3.8, 4) is 11.4 Å². The fourth-order valence-corrected chi connectivity index (χ4v) is 3.67. The molecule has 0 radical (unpaired) electrons. The molecule has 0 aliphatic rings. The Kier molecular flexibility index (Phi) is 5.57. The van der Waals surface area contributed by atoms with E-state index >= 15 is 0 Å². The van der Waals surface area contributed by atoms with Crippen molar-refractivity contribution < 1.29 is 14.3 Å². The Morgan fingerprint density at radius 1 is 1.00 bits per heavy atom. The first-order valence-electron chi connectivity index (χ1n) is 9.24. The van der Waals surface area contributed by atoms with Crippen LogP contribution in [0, 0.1) is 0 Å². The SMILES string of the molecule is CCOC(=O)c1c(C(=O)c2ccc(Cl)c(Cl)c2)c(-c2ccccn2)n2ccccc12. The van der Waals surface area contributed by atoms with Crippen molar-refractivity contribution in [1.82, 2.24) is 9.38 Å². The van der Waals surface area contributed by atoms with Gasteiger partial charge in [-0.1, -0.05) is 35.3 Å². The van der Waals surface area contributed by atoms with E-state index in [1.54, 1.807) is 60.1 Å². The van der Waals surface area contributed by atoms with Crippen molar-refractivity contribution in [3.63, 3.8) is 0 Å². The summed E-state index contributed by atoms with van der Waals surface area (Å²) in [6.45, 7) is 1.90. The molecule has 0 bridgehead atoms. The summed E-state index contributed by atoms with van der Waals surface area (Å²) in [5.41, 5.74) is 2.32. The van der Waals surface area contributed by atoms with Gasteiger partial charge in [0, 0.05) is 18.0 Å². The van der Waals surface area contributed by atoms with Crippen LogP contribution in [0.1, 0.15) is 33.2 Å². The third kappa shape index (κ3) is 3.47. The number of ketones is 1. The van der Waals surface area contributed by atoms with Gasteiger partial charge in [0.15, 0.2) is 5.78 Å². The van der Waals surface area contributed by atoms with Gasteiger partial charge in [0.2, 0.25) is 0 Å². The van der Waals surface area contributed by atoms with Gasteiger partial charge < -0.3 is 9.14 Å². The molecule has 3 aromatic heterocycles. The first kappa shape index (κ1) is 20.1. The molecule has 0 spiro atoms. The number of rotatable bonds is 5. The molecule has 7 heteroatoms. The molecule has 5 nitrogen and oxygen atoms in total. The van der Waals surface area contributed by atoms with Crippen LogP contribution in [0.15, 0.2) is 67.0 Å². The Bertz CT molecular complexity index is 1270. The summed E-state index contributed by atoms with van der Waals surface area (Å²) in [4.78, 5) is 31.0. The molecule has 0 N–H and O–H groups in total. The van der Waals surface area contributed by atoms with E-state index in [9.17, 15) is 9.59 Å². The molecule has 0 amide bonds. The van der Waals surface area contributed by atoms with E-state index in [0.717, 1.165) is 0 Å². The van der Waals surface area contributed by atoms with Gasteiger partial charge in [0.05, 0.1) is 44.7 Å². The number of ether oxygens (including phenoxy) is 1. The lowest BCUT2D eigenvalue weighted by Gasteiger charge is -2.08. The van der Waals surface area contributed by atoms with Crippen LogP contribution in [0.5, 0.6) is 0 Å². The maximum Gasteiger partial charge on any atom is 0.341 e. The number of carbonyl (C=O) groups is 2. The molecular weight excluding hydrogens is 423 g/mol. The first-order valence-corrected chi connectivity index (χ1v) is 9.99. The van der Waals surface area contributed by atoms with Gasteiger partial charge in [-0.15, -0.1) is 0 Å². The second-order valence-electron chi connectivity index (χ2n) is 6.45. The first-order chi connectivity index (χ1) is 14.5. The highest BCUT2D eigenvalue weighted by atomic mass is 35.5. The molecule has 1 aromatic carbocycles. The number of pyridine rings is 2. The van der Waals surface area contributed by atoms with Crippen LogP contribution in [0.3, 0.4) is 0 Å². The van der Waals surface area contributed by atoms with Crippen LogP contribution in [-0.2, 0) is 4.74 Å². The highest BCUT2D eigenvalue weighted by Gasteiger charge is 2.30. The maximum absolute atomic E-state index is 13.7. The van der Waals surface area contributed by atoms with E-state index in [1.165, 1.54) is 6.07 Å². The third-order valence-electron chi connectivity index (χ3n) is 4.64. The predicted octanol–water partition coefficient (Wildman–Crippen LogP) is 5.72. The van der Waals surface area contributed by atoms with Crippen molar-refractivity contribution in [2.75, 3.05) is 6.61 Å². The molecule has 4 rings (SSSR count). The Morgan fingerprint density at radius 3 is 2.50 bits per heavy atom. The summed E-state index contributed by atoms with van der Waals surface area (Å²) in [5, 5.41) is 0.592. The minimum atomic E-state index is -0.577. The van der Waals surface area contributed by atoms with Crippen LogP contribution in [0.4, 0.5) is 0 Å². The predicted molar refractivity (Wildman–Crippen MR) is 116 cm³/mol. The molecule has 0 atom stereocenters. The molecule has 0 aliphatic heterocycles. The number of esters is 1. The third-order valence-corrected chi connectivity index (χ3v) is 5.38. The monoisotopic (exact) mass is 438 g/mol. The van der Waals surface area contributed by atoms with Gasteiger partial charge in [0.25, 0.3) is 0 Å². The number of nitrogens with zero attached hydrogens (tertiary/aromatic N) is 2. The lowest BCUT2D eigenvalue weighted by molar-refractivity contribution is 0.0526. The zero-order valence-electron chi connectivity index (χ0n) is 15.9. The second kappa shape index (κ2) is 8.30. The van der Waals surface area contributed by atoms with Crippen molar-refractivity contribution in [3.05, 3.63) is 93.7 Å². The van der Waals surface area contributed by atoms with Crippen molar-refractivity contribution in [2.45, 2.75) is 6.92 Å². The average molecular weight is 439 g/mol. The Hall–Kier alpha value is -3.15. The highest BCUT2D eigenvalue weighted by Crippen LogP contribution is 2.34. The maximum atomic E-state index is 13.7. The average Bonchev–Trinajstić information content (AvgIpc) is 3.11. The zero-order valence-corrected chi connectivity index (χ0v) is 17.4. The summed E-state index contributed by atoms with van der Waals surface area (Å²) in [7, 11) is 0. The Morgan fingerprint density at radius 2 is 1.80 bits per heavy atom. The molecule has 3 heterocycles.